The number of rotatable bonds is 2. The summed E-state index contributed by atoms with van der Waals surface area (Å²) in [5.41, 5.74) is 0. The van der Waals surface area contributed by atoms with Crippen LogP contribution in [-0.2, 0) is 14.8 Å². The number of ether oxygens (including phenoxy) is 1. The van der Waals surface area contributed by atoms with Gasteiger partial charge in [-0.15, -0.1) is 11.3 Å². The highest BCUT2D eigenvalue weighted by atomic mass is 79.9. The maximum Gasteiger partial charge on any atom is 0.244 e. The van der Waals surface area contributed by atoms with Crippen LogP contribution in [0.2, 0.25) is 0 Å². The number of hydrogen-bond donors (Lipinski definition) is 0. The molecule has 112 valence electrons. The zero-order valence-corrected chi connectivity index (χ0v) is 14.6. The van der Waals surface area contributed by atoms with Gasteiger partial charge in [-0.05, 0) is 41.8 Å². The number of sulfonamides is 1. The third-order valence-electron chi connectivity index (χ3n) is 4.11. The van der Waals surface area contributed by atoms with Gasteiger partial charge in [-0.25, -0.2) is 8.42 Å². The van der Waals surface area contributed by atoms with Crippen molar-refractivity contribution in [2.24, 2.45) is 0 Å². The number of fused-ring (bicyclic) bond motifs is 1. The molecule has 2 heterocycles. The molecule has 1 saturated heterocycles. The van der Waals surface area contributed by atoms with E-state index in [1.54, 1.807) is 10.4 Å². The molecule has 2 fully saturated rings. The van der Waals surface area contributed by atoms with E-state index in [1.165, 1.54) is 11.3 Å². The quantitative estimate of drug-likeness (QED) is 0.792. The SMILES string of the molecule is Cc1sc(Br)cc1S(=O)(=O)N1CCOC2CCCCC21. The summed E-state index contributed by atoms with van der Waals surface area (Å²) in [5.74, 6) is 0. The molecular weight excluding hydrogens is 362 g/mol. The van der Waals surface area contributed by atoms with Crippen LogP contribution in [0, 0.1) is 6.92 Å². The molecule has 0 N–H and O–H groups in total. The second kappa shape index (κ2) is 5.68. The lowest BCUT2D eigenvalue weighted by atomic mass is 9.91. The van der Waals surface area contributed by atoms with Gasteiger partial charge >= 0.3 is 0 Å². The zero-order valence-electron chi connectivity index (χ0n) is 11.3. The average molecular weight is 380 g/mol. The van der Waals surface area contributed by atoms with E-state index in [-0.39, 0.29) is 12.1 Å². The van der Waals surface area contributed by atoms with Crippen molar-refractivity contribution in [3.63, 3.8) is 0 Å². The molecule has 20 heavy (non-hydrogen) atoms. The Labute approximate surface area is 132 Å². The highest BCUT2D eigenvalue weighted by Crippen LogP contribution is 2.36. The van der Waals surface area contributed by atoms with Crippen LogP contribution in [0.5, 0.6) is 0 Å². The van der Waals surface area contributed by atoms with Crippen LogP contribution >= 0.6 is 27.3 Å². The Balaban J connectivity index is 1.95. The van der Waals surface area contributed by atoms with E-state index in [2.05, 4.69) is 15.9 Å². The predicted octanol–water partition coefficient (Wildman–Crippen LogP) is 3.15. The maximum absolute atomic E-state index is 12.9. The molecular formula is C13H18BrNO3S2. The molecule has 1 aliphatic carbocycles. The molecule has 0 spiro atoms. The van der Waals surface area contributed by atoms with E-state index in [0.717, 1.165) is 34.3 Å². The molecule has 1 aromatic heterocycles. The van der Waals surface area contributed by atoms with Gasteiger partial charge in [0.2, 0.25) is 10.0 Å². The Morgan fingerprint density at radius 1 is 1.40 bits per heavy atom. The van der Waals surface area contributed by atoms with Gasteiger partial charge in [0.1, 0.15) is 0 Å². The first kappa shape index (κ1) is 15.0. The van der Waals surface area contributed by atoms with Gasteiger partial charge in [0, 0.05) is 11.4 Å². The van der Waals surface area contributed by atoms with Crippen molar-refractivity contribution in [2.45, 2.75) is 49.6 Å². The summed E-state index contributed by atoms with van der Waals surface area (Å²) in [7, 11) is -3.41. The van der Waals surface area contributed by atoms with Crippen molar-refractivity contribution in [1.29, 1.82) is 0 Å². The summed E-state index contributed by atoms with van der Waals surface area (Å²) in [4.78, 5) is 1.29. The molecule has 0 aromatic carbocycles. The Kier molecular flexibility index (Phi) is 4.25. The smallest absolute Gasteiger partial charge is 0.244 e. The summed E-state index contributed by atoms with van der Waals surface area (Å²) < 4.78 is 34.2. The lowest BCUT2D eigenvalue weighted by Gasteiger charge is -2.42. The number of nitrogens with zero attached hydrogens (tertiary/aromatic N) is 1. The summed E-state index contributed by atoms with van der Waals surface area (Å²) in [6.07, 6.45) is 4.19. The first-order valence-electron chi connectivity index (χ1n) is 6.89. The molecule has 0 radical (unpaired) electrons. The Bertz CT molecular complexity index is 597. The number of aryl methyl sites for hydroxylation is 1. The summed E-state index contributed by atoms with van der Waals surface area (Å²) in [6, 6.07) is 1.74. The first-order chi connectivity index (χ1) is 9.50. The van der Waals surface area contributed by atoms with Crippen molar-refractivity contribution in [2.75, 3.05) is 13.2 Å². The minimum atomic E-state index is -3.41. The van der Waals surface area contributed by atoms with Gasteiger partial charge in [-0.2, -0.15) is 4.31 Å². The van der Waals surface area contributed by atoms with Crippen LogP contribution < -0.4 is 0 Å². The summed E-state index contributed by atoms with van der Waals surface area (Å²) in [6.45, 7) is 2.84. The standard InChI is InChI=1S/C13H18BrNO3S2/c1-9-12(8-13(14)19-9)20(16,17)15-6-7-18-11-5-3-2-4-10(11)15/h8,10-11H,2-7H2,1H3. The summed E-state index contributed by atoms with van der Waals surface area (Å²) >= 11 is 4.85. The fraction of sp³-hybridized carbons (Fsp3) is 0.692. The fourth-order valence-electron chi connectivity index (χ4n) is 3.17. The largest absolute Gasteiger partial charge is 0.375 e. The molecule has 3 rings (SSSR count). The van der Waals surface area contributed by atoms with Crippen LogP contribution in [-0.4, -0.2) is 38.0 Å². The summed E-state index contributed by atoms with van der Waals surface area (Å²) in [5, 5.41) is 0. The second-order valence-corrected chi connectivity index (χ2v) is 9.84. The first-order valence-corrected chi connectivity index (χ1v) is 9.94. The van der Waals surface area contributed by atoms with E-state index < -0.39 is 10.0 Å². The Hall–Kier alpha value is 0.0500. The minimum absolute atomic E-state index is 0.0144. The van der Waals surface area contributed by atoms with Crippen molar-refractivity contribution >= 4 is 37.3 Å². The van der Waals surface area contributed by atoms with Crippen LogP contribution in [0.4, 0.5) is 0 Å². The number of halogens is 1. The molecule has 2 atom stereocenters. The lowest BCUT2D eigenvalue weighted by Crippen LogP contribution is -2.54. The van der Waals surface area contributed by atoms with Gasteiger partial charge in [0.05, 0.1) is 27.4 Å². The highest BCUT2D eigenvalue weighted by molar-refractivity contribution is 9.11. The number of morpholine rings is 1. The van der Waals surface area contributed by atoms with Gasteiger partial charge in [-0.1, -0.05) is 12.8 Å². The van der Waals surface area contributed by atoms with Crippen molar-refractivity contribution in [3.8, 4) is 0 Å². The molecule has 1 aromatic rings. The predicted molar refractivity (Wildman–Crippen MR) is 82.6 cm³/mol. The topological polar surface area (TPSA) is 46.6 Å². The monoisotopic (exact) mass is 379 g/mol. The normalized spacial score (nSPS) is 28.3. The third kappa shape index (κ3) is 2.59. The Morgan fingerprint density at radius 3 is 2.85 bits per heavy atom. The van der Waals surface area contributed by atoms with E-state index in [0.29, 0.717) is 18.0 Å². The molecule has 2 unspecified atom stereocenters. The molecule has 2 aliphatic rings. The number of thiophene rings is 1. The second-order valence-electron chi connectivity index (χ2n) is 5.35. The van der Waals surface area contributed by atoms with Crippen LogP contribution in [0.15, 0.2) is 14.7 Å². The molecule has 4 nitrogen and oxygen atoms in total. The van der Waals surface area contributed by atoms with Crippen LogP contribution in [0.3, 0.4) is 0 Å². The maximum atomic E-state index is 12.9. The van der Waals surface area contributed by atoms with Crippen molar-refractivity contribution in [3.05, 3.63) is 14.7 Å². The van der Waals surface area contributed by atoms with E-state index in [1.807, 2.05) is 6.92 Å². The molecule has 7 heteroatoms. The average Bonchev–Trinajstić information content (AvgIpc) is 2.78. The van der Waals surface area contributed by atoms with Gasteiger partial charge in [-0.3, -0.25) is 0 Å². The molecule has 1 aliphatic heterocycles. The van der Waals surface area contributed by atoms with Crippen molar-refractivity contribution in [1.82, 2.24) is 4.31 Å². The zero-order chi connectivity index (χ0) is 14.3. The van der Waals surface area contributed by atoms with Gasteiger partial charge in [0.25, 0.3) is 0 Å². The lowest BCUT2D eigenvalue weighted by molar-refractivity contribution is -0.0586. The van der Waals surface area contributed by atoms with Gasteiger partial charge in [0.15, 0.2) is 0 Å². The van der Waals surface area contributed by atoms with Crippen LogP contribution in [0.25, 0.3) is 0 Å². The van der Waals surface area contributed by atoms with Gasteiger partial charge < -0.3 is 4.74 Å². The minimum Gasteiger partial charge on any atom is -0.375 e. The van der Waals surface area contributed by atoms with E-state index in [4.69, 9.17) is 4.74 Å². The van der Waals surface area contributed by atoms with Crippen molar-refractivity contribution < 1.29 is 13.2 Å². The fourth-order valence-corrected chi connectivity index (χ4v) is 7.22. The van der Waals surface area contributed by atoms with E-state index >= 15 is 0 Å². The molecule has 0 bridgehead atoms. The Morgan fingerprint density at radius 2 is 2.15 bits per heavy atom. The number of hydrogen-bond acceptors (Lipinski definition) is 4. The third-order valence-corrected chi connectivity index (χ3v) is 7.84. The molecule has 1 saturated carbocycles. The highest BCUT2D eigenvalue weighted by Gasteiger charge is 2.41. The molecule has 0 amide bonds. The van der Waals surface area contributed by atoms with Crippen LogP contribution in [0.1, 0.15) is 30.6 Å². The van der Waals surface area contributed by atoms with E-state index in [9.17, 15) is 8.42 Å².